The number of hydrogen-bond donors (Lipinski definition) is 0. The van der Waals surface area contributed by atoms with E-state index in [-0.39, 0.29) is 11.2 Å². The largest absolute Gasteiger partial charge is 0.430 e. The first-order valence-corrected chi connectivity index (χ1v) is 14.4. The van der Waals surface area contributed by atoms with Crippen LogP contribution < -0.4 is 5.56 Å². The van der Waals surface area contributed by atoms with Crippen LogP contribution in [0.2, 0.25) is 0 Å². The summed E-state index contributed by atoms with van der Waals surface area (Å²) in [4.78, 5) is 22.4. The normalized spacial score (nSPS) is 15.1. The maximum absolute atomic E-state index is 13.1. The van der Waals surface area contributed by atoms with Crippen LogP contribution in [-0.2, 0) is 24.3 Å². The molecular formula is C30H45N3O3. The van der Waals surface area contributed by atoms with Gasteiger partial charge in [0.15, 0.2) is 0 Å². The molecule has 0 unspecified atom stereocenters. The van der Waals surface area contributed by atoms with Crippen molar-refractivity contribution in [2.24, 2.45) is 0 Å². The van der Waals surface area contributed by atoms with Crippen LogP contribution in [0.25, 0.3) is 22.2 Å². The Morgan fingerprint density at radius 3 is 2.17 bits per heavy atom. The van der Waals surface area contributed by atoms with E-state index in [9.17, 15) is 4.79 Å². The zero-order chi connectivity index (χ0) is 25.4. The number of ether oxygens (including phenoxy) is 1. The number of furan rings is 1. The number of aryl methyl sites for hydroxylation is 1. The average molecular weight is 496 g/mol. The fourth-order valence-corrected chi connectivity index (χ4v) is 5.31. The molecule has 0 saturated heterocycles. The Bertz CT molecular complexity index is 1180. The van der Waals surface area contributed by atoms with Gasteiger partial charge in [0.05, 0.1) is 29.6 Å². The average Bonchev–Trinajstić information content (AvgIpc) is 3.21. The lowest BCUT2D eigenvalue weighted by Crippen LogP contribution is -2.32. The van der Waals surface area contributed by atoms with Crippen LogP contribution in [0.5, 0.6) is 0 Å². The molecule has 1 aliphatic heterocycles. The molecule has 6 heteroatoms. The zero-order valence-corrected chi connectivity index (χ0v) is 22.7. The molecule has 3 aromatic heterocycles. The maximum Gasteiger partial charge on any atom is 0.297 e. The van der Waals surface area contributed by atoms with Crippen molar-refractivity contribution in [2.45, 2.75) is 136 Å². The summed E-state index contributed by atoms with van der Waals surface area (Å²) in [6.45, 7) is 7.62. The van der Waals surface area contributed by atoms with Crippen LogP contribution in [0.15, 0.2) is 21.6 Å². The van der Waals surface area contributed by atoms with E-state index in [0.29, 0.717) is 30.0 Å². The van der Waals surface area contributed by atoms with Crippen LogP contribution in [0.1, 0.15) is 122 Å². The lowest BCUT2D eigenvalue weighted by atomic mass is 9.95. The molecule has 0 bridgehead atoms. The Morgan fingerprint density at radius 2 is 1.53 bits per heavy atom. The monoisotopic (exact) mass is 495 g/mol. The second kappa shape index (κ2) is 12.8. The van der Waals surface area contributed by atoms with Crippen molar-refractivity contribution in [3.8, 4) is 0 Å². The van der Waals surface area contributed by atoms with Gasteiger partial charge in [-0.2, -0.15) is 0 Å². The Labute approximate surface area is 215 Å². The van der Waals surface area contributed by atoms with Gasteiger partial charge in [-0.15, -0.1) is 0 Å². The van der Waals surface area contributed by atoms with Crippen LogP contribution >= 0.6 is 0 Å². The fourth-order valence-electron chi connectivity index (χ4n) is 5.31. The van der Waals surface area contributed by atoms with E-state index in [1.54, 1.807) is 10.9 Å². The van der Waals surface area contributed by atoms with Crippen molar-refractivity contribution < 1.29 is 9.15 Å². The van der Waals surface area contributed by atoms with Gasteiger partial charge in [0.25, 0.3) is 5.56 Å². The van der Waals surface area contributed by atoms with Crippen molar-refractivity contribution in [1.29, 1.82) is 0 Å². The third-order valence-electron chi connectivity index (χ3n) is 7.57. The smallest absolute Gasteiger partial charge is 0.297 e. The van der Waals surface area contributed by atoms with E-state index in [4.69, 9.17) is 14.1 Å². The summed E-state index contributed by atoms with van der Waals surface area (Å²) in [5.74, 6) is 0. The summed E-state index contributed by atoms with van der Waals surface area (Å²) < 4.78 is 13.6. The van der Waals surface area contributed by atoms with E-state index in [1.165, 1.54) is 77.0 Å². The molecule has 0 N–H and O–H groups in total. The van der Waals surface area contributed by atoms with E-state index in [2.05, 4.69) is 25.8 Å². The molecule has 4 rings (SSSR count). The topological polar surface area (TPSA) is 70.2 Å². The van der Waals surface area contributed by atoms with Crippen molar-refractivity contribution in [2.75, 3.05) is 0 Å². The minimum Gasteiger partial charge on any atom is -0.430 e. The summed E-state index contributed by atoms with van der Waals surface area (Å²) >= 11 is 0. The highest BCUT2D eigenvalue weighted by Gasteiger charge is 2.28. The van der Waals surface area contributed by atoms with Gasteiger partial charge in [-0.3, -0.25) is 9.36 Å². The Kier molecular flexibility index (Phi) is 9.58. The molecule has 0 spiro atoms. The lowest BCUT2D eigenvalue weighted by Gasteiger charge is -2.30. The van der Waals surface area contributed by atoms with Gasteiger partial charge >= 0.3 is 0 Å². The minimum atomic E-state index is -0.238. The zero-order valence-electron chi connectivity index (χ0n) is 22.7. The number of nitrogens with zero attached hydrogens (tertiary/aromatic N) is 3. The van der Waals surface area contributed by atoms with Crippen LogP contribution in [0.3, 0.4) is 0 Å². The van der Waals surface area contributed by atoms with Crippen molar-refractivity contribution >= 4 is 22.2 Å². The van der Waals surface area contributed by atoms with Gasteiger partial charge in [0, 0.05) is 18.5 Å². The fraction of sp³-hybridized carbons (Fsp3) is 0.700. The molecule has 0 saturated carbocycles. The molecule has 1 aliphatic rings. The first-order valence-electron chi connectivity index (χ1n) is 14.4. The molecule has 0 aromatic carbocycles. The second-order valence-electron chi connectivity index (χ2n) is 11.3. The number of hydrogen-bond acceptors (Lipinski definition) is 5. The van der Waals surface area contributed by atoms with E-state index in [1.807, 2.05) is 6.07 Å². The minimum absolute atomic E-state index is 0.109. The standard InChI is InChI=1S/C30H45N3O3/c1-4-5-6-7-8-9-10-11-12-13-14-15-16-17-18-33-22-31-26-24-19-23-21-35-30(2,3)20-25(23)32-28(24)36-27(26)29(33)34/h19,22H,4-18,20-21H2,1-3H3. The maximum atomic E-state index is 13.1. The van der Waals surface area contributed by atoms with E-state index >= 15 is 0 Å². The molecule has 0 fully saturated rings. The number of unbranched alkanes of at least 4 members (excludes halogenated alkanes) is 13. The molecular weight excluding hydrogens is 450 g/mol. The summed E-state index contributed by atoms with van der Waals surface area (Å²) in [7, 11) is 0. The molecule has 0 atom stereocenters. The number of rotatable bonds is 15. The van der Waals surface area contributed by atoms with E-state index < -0.39 is 0 Å². The molecule has 0 aliphatic carbocycles. The van der Waals surface area contributed by atoms with Gasteiger partial charge < -0.3 is 9.15 Å². The predicted octanol–water partition coefficient (Wildman–Crippen LogP) is 7.87. The van der Waals surface area contributed by atoms with Crippen LogP contribution in [0.4, 0.5) is 0 Å². The molecule has 0 radical (unpaired) electrons. The predicted molar refractivity (Wildman–Crippen MR) is 146 cm³/mol. The van der Waals surface area contributed by atoms with Gasteiger partial charge in [-0.05, 0) is 26.3 Å². The number of fused-ring (bicyclic) bond motifs is 4. The van der Waals surface area contributed by atoms with Crippen LogP contribution in [-0.4, -0.2) is 20.1 Å². The third-order valence-corrected chi connectivity index (χ3v) is 7.57. The SMILES string of the molecule is CCCCCCCCCCCCCCCCn1cnc2c(oc3nc4c(cc32)COC(C)(C)C4)c1=O. The molecule has 6 nitrogen and oxygen atoms in total. The molecule has 198 valence electrons. The van der Waals surface area contributed by atoms with Gasteiger partial charge in [-0.1, -0.05) is 90.4 Å². The molecule has 0 amide bonds. The van der Waals surface area contributed by atoms with Gasteiger partial charge in [0.1, 0.15) is 5.52 Å². The first kappa shape index (κ1) is 26.8. The van der Waals surface area contributed by atoms with Gasteiger partial charge in [-0.25, -0.2) is 9.97 Å². The van der Waals surface area contributed by atoms with Crippen molar-refractivity contribution in [3.05, 3.63) is 34.0 Å². The summed E-state index contributed by atoms with van der Waals surface area (Å²) in [6, 6.07) is 2.03. The second-order valence-corrected chi connectivity index (χ2v) is 11.3. The van der Waals surface area contributed by atoms with Gasteiger partial charge in [0.2, 0.25) is 11.3 Å². The number of aromatic nitrogens is 3. The summed E-state index contributed by atoms with van der Waals surface area (Å²) in [6.07, 6.45) is 20.9. The Hall–Kier alpha value is -2.21. The van der Waals surface area contributed by atoms with Crippen molar-refractivity contribution in [3.63, 3.8) is 0 Å². The third kappa shape index (κ3) is 6.96. The summed E-state index contributed by atoms with van der Waals surface area (Å²) in [5, 5.41) is 0.799. The molecule has 4 heterocycles. The molecule has 3 aromatic rings. The number of pyridine rings is 1. The van der Waals surface area contributed by atoms with Crippen LogP contribution in [0, 0.1) is 0 Å². The van der Waals surface area contributed by atoms with E-state index in [0.717, 1.165) is 35.9 Å². The first-order chi connectivity index (χ1) is 17.5. The van der Waals surface area contributed by atoms with Crippen molar-refractivity contribution in [1.82, 2.24) is 14.5 Å². The Morgan fingerprint density at radius 1 is 0.917 bits per heavy atom. The summed E-state index contributed by atoms with van der Waals surface area (Å²) in [5.41, 5.74) is 3.11. The molecule has 36 heavy (non-hydrogen) atoms. The highest BCUT2D eigenvalue weighted by molar-refractivity contribution is 6.00. The highest BCUT2D eigenvalue weighted by atomic mass is 16.5. The lowest BCUT2D eigenvalue weighted by molar-refractivity contribution is -0.0411. The highest BCUT2D eigenvalue weighted by Crippen LogP contribution is 2.31. The quantitative estimate of drug-likeness (QED) is 0.201. The Balaban J connectivity index is 1.20.